The van der Waals surface area contributed by atoms with Gasteiger partial charge in [-0.25, -0.2) is 0 Å². The number of rotatable bonds is 7. The zero-order valence-corrected chi connectivity index (χ0v) is 19.5. The molecule has 0 aliphatic heterocycles. The lowest BCUT2D eigenvalue weighted by Crippen LogP contribution is -2.34. The molecule has 0 unspecified atom stereocenters. The molecule has 0 saturated carbocycles. The van der Waals surface area contributed by atoms with Gasteiger partial charge in [-0.1, -0.05) is 51.1 Å². The quantitative estimate of drug-likeness (QED) is 0.550. The Kier molecular flexibility index (Phi) is 9.97. The molecule has 0 amide bonds. The van der Waals surface area contributed by atoms with E-state index in [1.54, 1.807) is 14.2 Å². The summed E-state index contributed by atoms with van der Waals surface area (Å²) in [4.78, 5) is 0. The van der Waals surface area contributed by atoms with Gasteiger partial charge < -0.3 is 15.2 Å². The van der Waals surface area contributed by atoms with Crippen molar-refractivity contribution in [3.8, 4) is 16.9 Å². The molecule has 0 aliphatic carbocycles. The third kappa shape index (κ3) is 9.19. The normalized spacial score (nSPS) is 11.7. The molecule has 0 atom stereocenters. The molecule has 0 bridgehead atoms. The Morgan fingerprint density at radius 1 is 1.07 bits per heavy atom. The number of allylic oxidation sites excluding steroid dienone is 2. The summed E-state index contributed by atoms with van der Waals surface area (Å²) in [6.45, 7) is 12.5. The highest BCUT2D eigenvalue weighted by Crippen LogP contribution is 2.28. The minimum atomic E-state index is -0.170. The van der Waals surface area contributed by atoms with Gasteiger partial charge in [0, 0.05) is 5.54 Å². The maximum absolute atomic E-state index is 6.08. The predicted molar refractivity (Wildman–Crippen MR) is 125 cm³/mol. The van der Waals surface area contributed by atoms with Crippen molar-refractivity contribution in [2.45, 2.75) is 59.9 Å². The summed E-state index contributed by atoms with van der Waals surface area (Å²) in [5, 5.41) is 0. The van der Waals surface area contributed by atoms with Crippen LogP contribution in [0.1, 0.15) is 52.7 Å². The van der Waals surface area contributed by atoms with Gasteiger partial charge in [0.15, 0.2) is 0 Å². The van der Waals surface area contributed by atoms with E-state index in [4.69, 9.17) is 15.2 Å². The third-order valence-corrected chi connectivity index (χ3v) is 4.51. The second-order valence-corrected chi connectivity index (χ2v) is 8.46. The van der Waals surface area contributed by atoms with Crippen molar-refractivity contribution < 1.29 is 9.47 Å². The van der Waals surface area contributed by atoms with E-state index in [1.807, 2.05) is 13.0 Å². The number of hydrogen-bond donors (Lipinski definition) is 1. The fourth-order valence-corrected chi connectivity index (χ4v) is 3.14. The van der Waals surface area contributed by atoms with Gasteiger partial charge in [-0.15, -0.1) is 0 Å². The Hall–Kier alpha value is -2.26. The largest absolute Gasteiger partial charge is 0.502 e. The Bertz CT molecular complexity index is 768. The number of aryl methyl sites for hydroxylation is 1. The lowest BCUT2D eigenvalue weighted by Gasteiger charge is -2.18. The van der Waals surface area contributed by atoms with E-state index in [1.165, 1.54) is 22.3 Å². The van der Waals surface area contributed by atoms with Crippen molar-refractivity contribution in [1.29, 1.82) is 0 Å². The number of benzene rings is 2. The summed E-state index contributed by atoms with van der Waals surface area (Å²) in [6, 6.07) is 15.0. The van der Waals surface area contributed by atoms with Crippen LogP contribution < -0.4 is 10.5 Å². The zero-order chi connectivity index (χ0) is 22.0. The molecule has 2 aromatic carbocycles. The van der Waals surface area contributed by atoms with Crippen molar-refractivity contribution in [1.82, 2.24) is 0 Å². The summed E-state index contributed by atoms with van der Waals surface area (Å²) in [5.74, 6) is 2.51. The first-order valence-corrected chi connectivity index (χ1v) is 10.4. The van der Waals surface area contributed by atoms with E-state index in [-0.39, 0.29) is 5.54 Å². The molecule has 0 saturated heterocycles. The Labute approximate surface area is 177 Å². The molecule has 3 heteroatoms. The van der Waals surface area contributed by atoms with E-state index in [0.717, 1.165) is 24.4 Å². The molecule has 2 N–H and O–H groups in total. The Morgan fingerprint density at radius 3 is 2.10 bits per heavy atom. The average Bonchev–Trinajstić information content (AvgIpc) is 2.66. The molecule has 3 nitrogen and oxygen atoms in total. The highest BCUT2D eigenvalue weighted by molar-refractivity contribution is 5.68. The van der Waals surface area contributed by atoms with Crippen molar-refractivity contribution in [3.05, 3.63) is 65.4 Å². The fraction of sp³-hybridized carbons (Fsp3) is 0.462. The lowest BCUT2D eigenvalue weighted by molar-refractivity contribution is 0.290. The van der Waals surface area contributed by atoms with Crippen LogP contribution in [-0.4, -0.2) is 19.8 Å². The van der Waals surface area contributed by atoms with Crippen LogP contribution in [0.4, 0.5) is 0 Å². The van der Waals surface area contributed by atoms with Crippen LogP contribution in [0.15, 0.2) is 54.3 Å². The van der Waals surface area contributed by atoms with Gasteiger partial charge in [-0.3, -0.25) is 0 Å². The van der Waals surface area contributed by atoms with Gasteiger partial charge in [0.2, 0.25) is 0 Å². The van der Waals surface area contributed by atoms with Crippen LogP contribution in [0.3, 0.4) is 0 Å². The highest BCUT2D eigenvalue weighted by atomic mass is 16.5. The van der Waals surface area contributed by atoms with Crippen molar-refractivity contribution in [2.24, 2.45) is 11.7 Å². The van der Waals surface area contributed by atoms with E-state index >= 15 is 0 Å². The Balaban J connectivity index is 0.000000447. The van der Waals surface area contributed by atoms with Gasteiger partial charge in [0.1, 0.15) is 5.75 Å². The molecule has 0 spiro atoms. The topological polar surface area (TPSA) is 44.5 Å². The van der Waals surface area contributed by atoms with Gasteiger partial charge in [0.25, 0.3) is 0 Å². The van der Waals surface area contributed by atoms with E-state index in [0.29, 0.717) is 5.92 Å². The Morgan fingerprint density at radius 2 is 1.69 bits per heavy atom. The summed E-state index contributed by atoms with van der Waals surface area (Å²) in [6.07, 6.45) is 3.96. The molecular weight excluding hydrogens is 358 g/mol. The first kappa shape index (κ1) is 24.8. The molecule has 0 aromatic heterocycles. The van der Waals surface area contributed by atoms with Gasteiger partial charge in [0.05, 0.1) is 20.0 Å². The van der Waals surface area contributed by atoms with Crippen molar-refractivity contribution >= 4 is 0 Å². The molecule has 0 aliphatic rings. The molecule has 29 heavy (non-hydrogen) atoms. The monoisotopic (exact) mass is 397 g/mol. The molecule has 0 heterocycles. The molecule has 0 fully saturated rings. The molecule has 160 valence electrons. The summed E-state index contributed by atoms with van der Waals surface area (Å²) >= 11 is 0. The first-order valence-electron chi connectivity index (χ1n) is 10.4. The maximum atomic E-state index is 6.08. The summed E-state index contributed by atoms with van der Waals surface area (Å²) in [5.41, 5.74) is 11.0. The van der Waals surface area contributed by atoms with Gasteiger partial charge in [-0.05, 0) is 80.0 Å². The third-order valence-electron chi connectivity index (χ3n) is 4.51. The minimum Gasteiger partial charge on any atom is -0.502 e. The number of hydrogen-bond acceptors (Lipinski definition) is 3. The number of methoxy groups -OCH3 is 2. The predicted octanol–water partition coefficient (Wildman–Crippen LogP) is 6.40. The smallest absolute Gasteiger partial charge is 0.119 e. The van der Waals surface area contributed by atoms with Crippen molar-refractivity contribution in [3.63, 3.8) is 0 Å². The first-order chi connectivity index (χ1) is 13.6. The van der Waals surface area contributed by atoms with Gasteiger partial charge in [-0.2, -0.15) is 0 Å². The van der Waals surface area contributed by atoms with Gasteiger partial charge >= 0.3 is 0 Å². The molecule has 0 radical (unpaired) electrons. The van der Waals surface area contributed by atoms with Crippen LogP contribution in [0.5, 0.6) is 5.75 Å². The van der Waals surface area contributed by atoms with E-state index < -0.39 is 0 Å². The molecular formula is C26H39NO2. The van der Waals surface area contributed by atoms with Crippen LogP contribution in [-0.2, 0) is 17.6 Å². The molecule has 2 aromatic rings. The van der Waals surface area contributed by atoms with E-state index in [9.17, 15) is 0 Å². The SMILES string of the molecule is CCc1cc(OC)ccc1-c1ccc(CC(C)(C)N)cc1.CO/C(C)=C/C(C)C. The number of nitrogens with two attached hydrogens (primary N) is 1. The summed E-state index contributed by atoms with van der Waals surface area (Å²) < 4.78 is 10.2. The van der Waals surface area contributed by atoms with Crippen LogP contribution in [0.25, 0.3) is 11.1 Å². The van der Waals surface area contributed by atoms with Crippen LogP contribution in [0.2, 0.25) is 0 Å². The van der Waals surface area contributed by atoms with Crippen LogP contribution >= 0.6 is 0 Å². The standard InChI is InChI=1S/C19H25NO.C7H14O/c1-5-15-12-17(21-4)10-11-18(15)16-8-6-14(7-9-16)13-19(2,3)20;1-6(2)5-7(3)8-4/h6-12H,5,13,20H2,1-4H3;5-6H,1-4H3/b;7-5+. The van der Waals surface area contributed by atoms with E-state index in [2.05, 4.69) is 77.1 Å². The second kappa shape index (κ2) is 11.7. The number of ether oxygens (including phenoxy) is 2. The second-order valence-electron chi connectivity index (χ2n) is 8.46. The maximum Gasteiger partial charge on any atom is 0.119 e. The lowest BCUT2D eigenvalue weighted by atomic mass is 9.93. The summed E-state index contributed by atoms with van der Waals surface area (Å²) in [7, 11) is 3.39. The zero-order valence-electron chi connectivity index (χ0n) is 19.5. The minimum absolute atomic E-state index is 0.170. The van der Waals surface area contributed by atoms with Crippen molar-refractivity contribution in [2.75, 3.05) is 14.2 Å². The van der Waals surface area contributed by atoms with Crippen LogP contribution in [0, 0.1) is 5.92 Å². The highest BCUT2D eigenvalue weighted by Gasteiger charge is 2.12. The molecule has 2 rings (SSSR count). The fourth-order valence-electron chi connectivity index (χ4n) is 3.14. The average molecular weight is 398 g/mol.